The van der Waals surface area contributed by atoms with E-state index in [2.05, 4.69) is 10.3 Å². The van der Waals surface area contributed by atoms with E-state index in [0.29, 0.717) is 10.0 Å². The molecule has 21 heavy (non-hydrogen) atoms. The minimum atomic E-state index is -3.33. The van der Waals surface area contributed by atoms with Crippen molar-refractivity contribution in [2.24, 2.45) is 5.73 Å². The molecule has 0 unspecified atom stereocenters. The third-order valence-corrected chi connectivity index (χ3v) is 5.54. The van der Waals surface area contributed by atoms with Crippen molar-refractivity contribution in [1.82, 2.24) is 15.0 Å². The number of halogens is 1. The Kier molecular flexibility index (Phi) is 4.96. The topological polar surface area (TPSA) is 108 Å². The first kappa shape index (κ1) is 15.9. The first-order chi connectivity index (χ1) is 9.85. The van der Waals surface area contributed by atoms with Crippen LogP contribution < -0.4 is 5.73 Å². The summed E-state index contributed by atoms with van der Waals surface area (Å²) in [6.07, 6.45) is 1.49. The molecule has 10 heteroatoms. The number of thiophene rings is 1. The molecule has 0 saturated carbocycles. The van der Waals surface area contributed by atoms with Gasteiger partial charge in [0.2, 0.25) is 5.91 Å². The van der Waals surface area contributed by atoms with E-state index in [-0.39, 0.29) is 24.5 Å². The number of nitrogens with two attached hydrogens (primary N) is 1. The van der Waals surface area contributed by atoms with Crippen LogP contribution >= 0.6 is 22.9 Å². The summed E-state index contributed by atoms with van der Waals surface area (Å²) < 4.78 is 25.5. The second kappa shape index (κ2) is 6.54. The van der Waals surface area contributed by atoms with Gasteiger partial charge in [-0.05, 0) is 12.1 Å². The van der Waals surface area contributed by atoms with Gasteiger partial charge in [0.25, 0.3) is 0 Å². The van der Waals surface area contributed by atoms with Crippen molar-refractivity contribution in [3.05, 3.63) is 22.7 Å². The van der Waals surface area contributed by atoms with Gasteiger partial charge in [-0.3, -0.25) is 9.48 Å². The number of aromatic nitrogens is 3. The maximum Gasteiger partial charge on any atom is 0.218 e. The number of amides is 1. The molecule has 0 aromatic carbocycles. The zero-order valence-corrected chi connectivity index (χ0v) is 13.3. The molecule has 0 saturated heterocycles. The molecule has 0 bridgehead atoms. The number of sulfone groups is 1. The van der Waals surface area contributed by atoms with Crippen LogP contribution in [0.2, 0.25) is 4.34 Å². The lowest BCUT2D eigenvalue weighted by Gasteiger charge is -2.02. The van der Waals surface area contributed by atoms with Gasteiger partial charge in [-0.2, -0.15) is 0 Å². The fraction of sp³-hybridized carbons (Fsp3) is 0.364. The Balaban J connectivity index is 1.95. The van der Waals surface area contributed by atoms with Gasteiger partial charge in [0, 0.05) is 6.42 Å². The van der Waals surface area contributed by atoms with Gasteiger partial charge in [0.1, 0.15) is 5.69 Å². The van der Waals surface area contributed by atoms with Crippen LogP contribution in [0.15, 0.2) is 18.3 Å². The Morgan fingerprint density at radius 2 is 2.14 bits per heavy atom. The number of carbonyl (C=O) groups excluding carboxylic acids is 1. The van der Waals surface area contributed by atoms with Crippen molar-refractivity contribution in [2.75, 3.05) is 11.5 Å². The van der Waals surface area contributed by atoms with Crippen molar-refractivity contribution in [1.29, 1.82) is 0 Å². The van der Waals surface area contributed by atoms with Crippen LogP contribution in [0, 0.1) is 0 Å². The fourth-order valence-electron chi connectivity index (χ4n) is 1.56. The Labute approximate surface area is 130 Å². The quantitative estimate of drug-likeness (QED) is 0.801. The Morgan fingerprint density at radius 3 is 2.76 bits per heavy atom. The number of carbonyl (C=O) groups is 1. The summed E-state index contributed by atoms with van der Waals surface area (Å²) in [4.78, 5) is 11.5. The first-order valence-corrected chi connectivity index (χ1v) is 9.02. The SMILES string of the molecule is NC(=O)CCS(=O)(=O)CCn1cc(-c2ccc(Cl)s2)nn1. The molecule has 0 aliphatic carbocycles. The van der Waals surface area contributed by atoms with Crippen molar-refractivity contribution in [3.8, 4) is 10.6 Å². The van der Waals surface area contributed by atoms with Gasteiger partial charge in [0.15, 0.2) is 9.84 Å². The molecular formula is C11H13ClN4O3S2. The third-order valence-electron chi connectivity index (χ3n) is 2.66. The van der Waals surface area contributed by atoms with Crippen molar-refractivity contribution < 1.29 is 13.2 Å². The van der Waals surface area contributed by atoms with E-state index in [0.717, 1.165) is 4.88 Å². The lowest BCUT2D eigenvalue weighted by atomic mass is 10.4. The van der Waals surface area contributed by atoms with Crippen molar-refractivity contribution in [2.45, 2.75) is 13.0 Å². The van der Waals surface area contributed by atoms with Crippen LogP contribution in [0.1, 0.15) is 6.42 Å². The molecule has 2 heterocycles. The highest BCUT2D eigenvalue weighted by Gasteiger charge is 2.14. The monoisotopic (exact) mass is 348 g/mol. The zero-order valence-electron chi connectivity index (χ0n) is 10.9. The standard InChI is InChI=1S/C11H13ClN4O3S2/c12-10-2-1-9(20-10)8-7-16(15-14-8)4-6-21(18,19)5-3-11(13)17/h1-2,7H,3-6H2,(H2,13,17). The van der Waals surface area contributed by atoms with Gasteiger partial charge in [0.05, 0.1) is 33.5 Å². The molecule has 0 spiro atoms. The molecular weight excluding hydrogens is 336 g/mol. The largest absolute Gasteiger partial charge is 0.370 e. The minimum absolute atomic E-state index is 0.117. The van der Waals surface area contributed by atoms with Crippen molar-refractivity contribution >= 4 is 38.7 Å². The molecule has 1 amide bonds. The second-order valence-corrected chi connectivity index (χ2v) is 8.36. The second-order valence-electron chi connectivity index (χ2n) is 4.34. The van der Waals surface area contributed by atoms with Crippen molar-refractivity contribution in [3.63, 3.8) is 0 Å². The molecule has 2 aromatic heterocycles. The number of rotatable bonds is 7. The molecule has 114 valence electrons. The summed E-state index contributed by atoms with van der Waals surface area (Å²) in [5.41, 5.74) is 5.58. The third kappa shape index (κ3) is 4.80. The van der Waals surface area contributed by atoms with E-state index in [1.165, 1.54) is 16.0 Å². The molecule has 2 aromatic rings. The summed E-state index contributed by atoms with van der Waals surface area (Å²) in [5.74, 6) is -0.991. The highest BCUT2D eigenvalue weighted by atomic mass is 35.5. The van der Waals surface area contributed by atoms with E-state index in [9.17, 15) is 13.2 Å². The molecule has 0 atom stereocenters. The number of primary amides is 1. The molecule has 0 radical (unpaired) electrons. The highest BCUT2D eigenvalue weighted by molar-refractivity contribution is 7.91. The number of nitrogens with zero attached hydrogens (tertiary/aromatic N) is 3. The van der Waals surface area contributed by atoms with Gasteiger partial charge < -0.3 is 5.73 Å². The molecule has 0 aliphatic heterocycles. The molecule has 2 N–H and O–H groups in total. The smallest absolute Gasteiger partial charge is 0.218 e. The van der Waals surface area contributed by atoms with Crippen LogP contribution in [0.25, 0.3) is 10.6 Å². The first-order valence-electron chi connectivity index (χ1n) is 6.00. The molecule has 7 nitrogen and oxygen atoms in total. The normalized spacial score (nSPS) is 11.7. The van der Waals surface area contributed by atoms with E-state index in [4.69, 9.17) is 17.3 Å². The summed E-state index contributed by atoms with van der Waals surface area (Å²) in [7, 11) is -3.33. The minimum Gasteiger partial charge on any atom is -0.370 e. The predicted octanol–water partition coefficient (Wildman–Crippen LogP) is 0.950. The Morgan fingerprint density at radius 1 is 1.38 bits per heavy atom. The van der Waals surface area contributed by atoms with Crippen LogP contribution in [0.4, 0.5) is 0 Å². The van der Waals surface area contributed by atoms with Gasteiger partial charge in [-0.25, -0.2) is 8.42 Å². The van der Waals surface area contributed by atoms with Crippen LogP contribution in [-0.4, -0.2) is 40.8 Å². The summed E-state index contributed by atoms with van der Waals surface area (Å²) in [5, 5.41) is 7.84. The van der Waals surface area contributed by atoms with E-state index >= 15 is 0 Å². The van der Waals surface area contributed by atoms with Crippen LogP contribution in [0.3, 0.4) is 0 Å². The molecule has 2 rings (SSSR count). The summed E-state index contributed by atoms with van der Waals surface area (Å²) in [6.45, 7) is 0.174. The average molecular weight is 349 g/mol. The lowest BCUT2D eigenvalue weighted by Crippen LogP contribution is -2.21. The lowest BCUT2D eigenvalue weighted by molar-refractivity contribution is -0.117. The predicted molar refractivity (Wildman–Crippen MR) is 80.8 cm³/mol. The van der Waals surface area contributed by atoms with Gasteiger partial charge >= 0.3 is 0 Å². The maximum absolute atomic E-state index is 11.7. The Hall–Kier alpha value is -1.45. The number of hydrogen-bond acceptors (Lipinski definition) is 6. The average Bonchev–Trinajstić information content (AvgIpc) is 3.03. The molecule has 0 aliphatic rings. The van der Waals surface area contributed by atoms with E-state index in [1.807, 2.05) is 6.07 Å². The fourth-order valence-corrected chi connectivity index (χ4v) is 3.74. The zero-order chi connectivity index (χ0) is 15.5. The van der Waals surface area contributed by atoms with E-state index < -0.39 is 15.7 Å². The van der Waals surface area contributed by atoms with Crippen LogP contribution in [0.5, 0.6) is 0 Å². The van der Waals surface area contributed by atoms with Gasteiger partial charge in [-0.1, -0.05) is 16.8 Å². The van der Waals surface area contributed by atoms with E-state index in [1.54, 1.807) is 12.3 Å². The molecule has 0 fully saturated rings. The summed E-state index contributed by atoms with van der Waals surface area (Å²) in [6, 6.07) is 3.58. The number of hydrogen-bond donors (Lipinski definition) is 1. The van der Waals surface area contributed by atoms with Crippen LogP contribution in [-0.2, 0) is 21.2 Å². The Bertz CT molecular complexity index is 738. The van der Waals surface area contributed by atoms with Gasteiger partial charge in [-0.15, -0.1) is 16.4 Å². The summed E-state index contributed by atoms with van der Waals surface area (Å²) >= 11 is 7.21. The maximum atomic E-state index is 11.7. The number of aryl methyl sites for hydroxylation is 1. The highest BCUT2D eigenvalue weighted by Crippen LogP contribution is 2.29.